The fourth-order valence-electron chi connectivity index (χ4n) is 0.800. The van der Waals surface area contributed by atoms with Crippen molar-refractivity contribution >= 4 is 5.97 Å². The molecule has 0 amide bonds. The maximum Gasteiger partial charge on any atom is 0.308 e. The minimum absolute atomic E-state index is 0.00181. The van der Waals surface area contributed by atoms with Gasteiger partial charge in [0.25, 0.3) is 0 Å². The van der Waals surface area contributed by atoms with Crippen molar-refractivity contribution in [3.8, 4) is 0 Å². The Bertz CT molecular complexity index is 147. The van der Waals surface area contributed by atoms with Crippen LogP contribution < -0.4 is 0 Å². The predicted octanol–water partition coefficient (Wildman–Crippen LogP) is 0.725. The van der Waals surface area contributed by atoms with Crippen molar-refractivity contribution < 1.29 is 19.4 Å². The molecule has 4 nitrogen and oxygen atoms in total. The summed E-state index contributed by atoms with van der Waals surface area (Å²) in [6.45, 7) is 3.92. The van der Waals surface area contributed by atoms with Crippen LogP contribution in [0, 0.1) is 0 Å². The summed E-state index contributed by atoms with van der Waals surface area (Å²) in [6.07, 6.45) is -0.0617. The Morgan fingerprint density at radius 1 is 1.54 bits per heavy atom. The summed E-state index contributed by atoms with van der Waals surface area (Å²) in [5.41, 5.74) is 0. The van der Waals surface area contributed by atoms with E-state index in [2.05, 4.69) is 4.74 Å². The largest absolute Gasteiger partial charge is 0.463 e. The first kappa shape index (κ1) is 12.4. The Morgan fingerprint density at radius 3 is 2.62 bits per heavy atom. The minimum Gasteiger partial charge on any atom is -0.463 e. The van der Waals surface area contributed by atoms with Gasteiger partial charge < -0.3 is 14.6 Å². The van der Waals surface area contributed by atoms with Crippen LogP contribution in [0.5, 0.6) is 0 Å². The number of carbonyl (C=O) groups excluding carboxylic acids is 1. The predicted molar refractivity (Wildman–Crippen MR) is 48.3 cm³/mol. The van der Waals surface area contributed by atoms with Crippen molar-refractivity contribution in [2.24, 2.45) is 0 Å². The highest BCUT2D eigenvalue weighted by atomic mass is 16.5. The molecule has 0 aliphatic rings. The smallest absolute Gasteiger partial charge is 0.308 e. The molecule has 0 saturated heterocycles. The third kappa shape index (κ3) is 6.54. The second kappa shape index (κ2) is 6.86. The zero-order valence-electron chi connectivity index (χ0n) is 8.45. The number of aliphatic hydroxyl groups is 1. The Morgan fingerprint density at radius 2 is 2.15 bits per heavy atom. The average molecular weight is 190 g/mol. The SMILES string of the molecule is CCC(C)OC(=O)CC(O)COC. The van der Waals surface area contributed by atoms with Crippen LogP contribution in [0.4, 0.5) is 0 Å². The highest BCUT2D eigenvalue weighted by molar-refractivity contribution is 5.70. The van der Waals surface area contributed by atoms with Crippen LogP contribution in [0.2, 0.25) is 0 Å². The van der Waals surface area contributed by atoms with Crippen molar-refractivity contribution in [2.45, 2.75) is 38.9 Å². The lowest BCUT2D eigenvalue weighted by Crippen LogP contribution is -2.22. The Labute approximate surface area is 78.8 Å². The number of ether oxygens (including phenoxy) is 2. The molecule has 1 N–H and O–H groups in total. The molecule has 4 heteroatoms. The molecule has 0 aromatic rings. The van der Waals surface area contributed by atoms with Gasteiger partial charge in [0.05, 0.1) is 25.2 Å². The van der Waals surface area contributed by atoms with Crippen LogP contribution in [0.3, 0.4) is 0 Å². The summed E-state index contributed by atoms with van der Waals surface area (Å²) in [6, 6.07) is 0. The van der Waals surface area contributed by atoms with E-state index in [0.29, 0.717) is 0 Å². The molecule has 0 bridgehead atoms. The molecule has 0 aromatic carbocycles. The Balaban J connectivity index is 3.61. The van der Waals surface area contributed by atoms with Crippen LogP contribution in [0.25, 0.3) is 0 Å². The van der Waals surface area contributed by atoms with Gasteiger partial charge in [-0.2, -0.15) is 0 Å². The van der Waals surface area contributed by atoms with Gasteiger partial charge in [-0.3, -0.25) is 4.79 Å². The van der Waals surface area contributed by atoms with E-state index < -0.39 is 6.10 Å². The lowest BCUT2D eigenvalue weighted by molar-refractivity contribution is -0.151. The van der Waals surface area contributed by atoms with Gasteiger partial charge in [0.2, 0.25) is 0 Å². The van der Waals surface area contributed by atoms with Gasteiger partial charge in [0.15, 0.2) is 0 Å². The molecule has 0 heterocycles. The molecule has 0 saturated carbocycles. The molecular weight excluding hydrogens is 172 g/mol. The van der Waals surface area contributed by atoms with Crippen LogP contribution in [-0.4, -0.2) is 37.0 Å². The van der Waals surface area contributed by atoms with E-state index in [-0.39, 0.29) is 25.1 Å². The summed E-state index contributed by atoms with van der Waals surface area (Å²) in [4.78, 5) is 11.1. The number of aliphatic hydroxyl groups excluding tert-OH is 1. The molecule has 0 radical (unpaired) electrons. The molecular formula is C9H18O4. The normalized spacial score (nSPS) is 15.1. The van der Waals surface area contributed by atoms with Gasteiger partial charge in [-0.05, 0) is 13.3 Å². The molecule has 0 aliphatic carbocycles. The van der Waals surface area contributed by atoms with Gasteiger partial charge in [0, 0.05) is 7.11 Å². The van der Waals surface area contributed by atoms with E-state index in [0.717, 1.165) is 6.42 Å². The number of methoxy groups -OCH3 is 1. The number of rotatable bonds is 6. The molecule has 0 aliphatic heterocycles. The third-order valence-corrected chi connectivity index (χ3v) is 1.67. The quantitative estimate of drug-likeness (QED) is 0.627. The highest BCUT2D eigenvalue weighted by Gasteiger charge is 2.13. The maximum atomic E-state index is 11.1. The summed E-state index contributed by atoms with van der Waals surface area (Å²) >= 11 is 0. The van der Waals surface area contributed by atoms with E-state index in [1.165, 1.54) is 7.11 Å². The lowest BCUT2D eigenvalue weighted by atomic mass is 10.2. The first-order valence-corrected chi connectivity index (χ1v) is 4.46. The zero-order chi connectivity index (χ0) is 10.3. The van der Waals surface area contributed by atoms with Gasteiger partial charge in [-0.15, -0.1) is 0 Å². The highest BCUT2D eigenvalue weighted by Crippen LogP contribution is 2.01. The fraction of sp³-hybridized carbons (Fsp3) is 0.889. The van der Waals surface area contributed by atoms with Crippen LogP contribution >= 0.6 is 0 Å². The average Bonchev–Trinajstić information content (AvgIpc) is 2.04. The van der Waals surface area contributed by atoms with Gasteiger partial charge in [-0.25, -0.2) is 0 Å². The molecule has 13 heavy (non-hydrogen) atoms. The summed E-state index contributed by atoms with van der Waals surface area (Å²) in [5, 5.41) is 9.18. The maximum absolute atomic E-state index is 11.1. The monoisotopic (exact) mass is 190 g/mol. The second-order valence-corrected chi connectivity index (χ2v) is 3.02. The number of hydrogen-bond donors (Lipinski definition) is 1. The van der Waals surface area contributed by atoms with E-state index in [1.807, 2.05) is 13.8 Å². The van der Waals surface area contributed by atoms with Gasteiger partial charge in [-0.1, -0.05) is 6.92 Å². The third-order valence-electron chi connectivity index (χ3n) is 1.67. The standard InChI is InChI=1S/C9H18O4/c1-4-7(2)13-9(11)5-8(10)6-12-3/h7-8,10H,4-6H2,1-3H3. The van der Waals surface area contributed by atoms with E-state index in [9.17, 15) is 9.90 Å². The molecule has 78 valence electrons. The van der Waals surface area contributed by atoms with Gasteiger partial charge >= 0.3 is 5.97 Å². The molecule has 0 fully saturated rings. The Kier molecular flexibility index (Phi) is 6.54. The minimum atomic E-state index is -0.762. The second-order valence-electron chi connectivity index (χ2n) is 3.02. The number of carbonyl (C=O) groups is 1. The van der Waals surface area contributed by atoms with Crippen LogP contribution in [0.1, 0.15) is 26.7 Å². The first-order chi connectivity index (χ1) is 6.10. The molecule has 0 rings (SSSR count). The first-order valence-electron chi connectivity index (χ1n) is 4.46. The van der Waals surface area contributed by atoms with E-state index in [1.54, 1.807) is 0 Å². The van der Waals surface area contributed by atoms with E-state index >= 15 is 0 Å². The lowest BCUT2D eigenvalue weighted by Gasteiger charge is -2.12. The molecule has 0 aromatic heterocycles. The van der Waals surface area contributed by atoms with Crippen molar-refractivity contribution in [1.29, 1.82) is 0 Å². The van der Waals surface area contributed by atoms with Crippen LogP contribution in [0.15, 0.2) is 0 Å². The van der Waals surface area contributed by atoms with Crippen molar-refractivity contribution in [3.05, 3.63) is 0 Å². The van der Waals surface area contributed by atoms with Crippen molar-refractivity contribution in [3.63, 3.8) is 0 Å². The zero-order valence-corrected chi connectivity index (χ0v) is 8.45. The number of esters is 1. The molecule has 2 unspecified atom stereocenters. The summed E-state index contributed by atoms with van der Waals surface area (Å²) in [5.74, 6) is -0.376. The molecule has 0 spiro atoms. The molecule has 2 atom stereocenters. The van der Waals surface area contributed by atoms with E-state index in [4.69, 9.17) is 4.74 Å². The van der Waals surface area contributed by atoms with Crippen molar-refractivity contribution in [2.75, 3.05) is 13.7 Å². The topological polar surface area (TPSA) is 55.8 Å². The van der Waals surface area contributed by atoms with Gasteiger partial charge in [0.1, 0.15) is 0 Å². The summed E-state index contributed by atoms with van der Waals surface area (Å²) in [7, 11) is 1.48. The van der Waals surface area contributed by atoms with Crippen molar-refractivity contribution in [1.82, 2.24) is 0 Å². The number of hydrogen-bond acceptors (Lipinski definition) is 4. The van der Waals surface area contributed by atoms with Crippen LogP contribution in [-0.2, 0) is 14.3 Å². The Hall–Kier alpha value is -0.610. The fourth-order valence-corrected chi connectivity index (χ4v) is 0.800. The summed E-state index contributed by atoms with van der Waals surface area (Å²) < 4.78 is 9.64.